The summed E-state index contributed by atoms with van der Waals surface area (Å²) < 4.78 is 6.51. The summed E-state index contributed by atoms with van der Waals surface area (Å²) in [6.07, 6.45) is 2.39. The molecule has 1 saturated carbocycles. The maximum absolute atomic E-state index is 11.9. The van der Waals surface area contributed by atoms with E-state index in [2.05, 4.69) is 11.2 Å². The van der Waals surface area contributed by atoms with Crippen molar-refractivity contribution in [3.8, 4) is 11.3 Å². The zero-order valence-corrected chi connectivity index (χ0v) is 13.4. The van der Waals surface area contributed by atoms with Crippen LogP contribution in [0.4, 0.5) is 0 Å². The van der Waals surface area contributed by atoms with Crippen LogP contribution >= 0.6 is 11.6 Å². The normalized spacial score (nSPS) is 14.2. The Morgan fingerprint density at radius 2 is 2.00 bits per heavy atom. The molecular weight excluding hydrogens is 312 g/mol. The second-order valence-electron chi connectivity index (χ2n) is 5.77. The van der Waals surface area contributed by atoms with Gasteiger partial charge in [-0.15, -0.1) is 0 Å². The van der Waals surface area contributed by atoms with E-state index in [0.29, 0.717) is 10.9 Å². The molecule has 0 N–H and O–H groups in total. The molecule has 0 atom stereocenters. The first kappa shape index (κ1) is 14.3. The van der Waals surface area contributed by atoms with E-state index in [4.69, 9.17) is 16.3 Å². The van der Waals surface area contributed by atoms with Gasteiger partial charge in [0, 0.05) is 5.56 Å². The highest BCUT2D eigenvalue weighted by Crippen LogP contribution is 2.42. The van der Waals surface area contributed by atoms with Gasteiger partial charge < -0.3 is 4.74 Å². The van der Waals surface area contributed by atoms with Crippen molar-refractivity contribution in [3.05, 3.63) is 58.7 Å². The Bertz CT molecular complexity index is 898. The molecule has 2 aromatic heterocycles. The fourth-order valence-corrected chi connectivity index (χ4v) is 3.08. The zero-order valence-electron chi connectivity index (χ0n) is 12.6. The van der Waals surface area contributed by atoms with Crippen molar-refractivity contribution in [1.82, 2.24) is 9.61 Å². The van der Waals surface area contributed by atoms with Gasteiger partial charge in [0.25, 0.3) is 0 Å². The predicted molar refractivity (Wildman–Crippen MR) is 89.0 cm³/mol. The molecule has 1 fully saturated rings. The van der Waals surface area contributed by atoms with Crippen LogP contribution in [0.1, 0.15) is 34.8 Å². The summed E-state index contributed by atoms with van der Waals surface area (Å²) >= 11 is 6.40. The van der Waals surface area contributed by atoms with E-state index in [-0.39, 0.29) is 5.69 Å². The number of carbonyl (C=O) groups excluding carboxylic acids is 1. The average molecular weight is 327 g/mol. The van der Waals surface area contributed by atoms with Gasteiger partial charge in [0.15, 0.2) is 5.69 Å². The summed E-state index contributed by atoms with van der Waals surface area (Å²) in [7, 11) is 1.33. The molecule has 0 aliphatic heterocycles. The summed E-state index contributed by atoms with van der Waals surface area (Å²) in [5.74, 6) is 0.0562. The maximum atomic E-state index is 11.9. The lowest BCUT2D eigenvalue weighted by Crippen LogP contribution is -2.03. The fourth-order valence-electron chi connectivity index (χ4n) is 2.83. The number of esters is 1. The first-order valence-corrected chi connectivity index (χ1v) is 7.92. The molecule has 3 aromatic rings. The SMILES string of the molecule is COC(=O)c1nn2c(-c3ccccc3)cc(C3CC3)cc2c1Cl. The van der Waals surface area contributed by atoms with Gasteiger partial charge in [-0.2, -0.15) is 5.10 Å². The van der Waals surface area contributed by atoms with Crippen LogP contribution < -0.4 is 0 Å². The molecule has 116 valence electrons. The molecule has 4 rings (SSSR count). The molecule has 0 saturated heterocycles. The molecule has 2 heterocycles. The number of hydrogen-bond donors (Lipinski definition) is 0. The molecule has 1 aliphatic rings. The zero-order chi connectivity index (χ0) is 16.0. The van der Waals surface area contributed by atoms with Gasteiger partial charge in [0.05, 0.1) is 18.3 Å². The van der Waals surface area contributed by atoms with Gasteiger partial charge in [0.1, 0.15) is 5.02 Å². The number of nitrogens with zero attached hydrogens (tertiary/aromatic N) is 2. The molecule has 4 nitrogen and oxygen atoms in total. The third kappa shape index (κ3) is 2.39. The Labute approximate surface area is 138 Å². The summed E-state index contributed by atoms with van der Waals surface area (Å²) in [6, 6.07) is 14.2. The lowest BCUT2D eigenvalue weighted by Gasteiger charge is -2.08. The summed E-state index contributed by atoms with van der Waals surface area (Å²) in [5.41, 5.74) is 4.11. The first-order chi connectivity index (χ1) is 11.2. The molecule has 1 aliphatic carbocycles. The smallest absolute Gasteiger partial charge is 0.360 e. The predicted octanol–water partition coefficient (Wildman–Crippen LogP) is 4.32. The Kier molecular flexibility index (Phi) is 3.34. The topological polar surface area (TPSA) is 43.6 Å². The van der Waals surface area contributed by atoms with E-state index < -0.39 is 5.97 Å². The monoisotopic (exact) mass is 326 g/mol. The molecule has 0 unspecified atom stereocenters. The largest absolute Gasteiger partial charge is 0.464 e. The number of hydrogen-bond acceptors (Lipinski definition) is 3. The van der Waals surface area contributed by atoms with E-state index in [0.717, 1.165) is 16.8 Å². The number of ether oxygens (including phenoxy) is 1. The van der Waals surface area contributed by atoms with E-state index in [1.54, 1.807) is 4.52 Å². The lowest BCUT2D eigenvalue weighted by atomic mass is 10.1. The van der Waals surface area contributed by atoms with E-state index >= 15 is 0 Å². The number of aromatic nitrogens is 2. The molecule has 1 aromatic carbocycles. The van der Waals surface area contributed by atoms with Crippen LogP contribution in [-0.2, 0) is 4.74 Å². The molecule has 0 amide bonds. The van der Waals surface area contributed by atoms with Crippen molar-refractivity contribution in [2.24, 2.45) is 0 Å². The molecule has 0 spiro atoms. The number of benzene rings is 1. The van der Waals surface area contributed by atoms with Crippen molar-refractivity contribution in [2.75, 3.05) is 7.11 Å². The van der Waals surface area contributed by atoms with E-state index in [9.17, 15) is 4.79 Å². The minimum atomic E-state index is -0.523. The second kappa shape index (κ2) is 5.39. The third-order valence-corrected chi connectivity index (χ3v) is 4.57. The molecule has 0 radical (unpaired) electrons. The van der Waals surface area contributed by atoms with Crippen molar-refractivity contribution in [3.63, 3.8) is 0 Å². The van der Waals surface area contributed by atoms with E-state index in [1.165, 1.54) is 25.5 Å². The van der Waals surface area contributed by atoms with Crippen LogP contribution in [0.2, 0.25) is 5.02 Å². The van der Waals surface area contributed by atoms with E-state index in [1.807, 2.05) is 36.4 Å². The Balaban J connectivity index is 2.01. The van der Waals surface area contributed by atoms with Gasteiger partial charge in [-0.05, 0) is 36.5 Å². The first-order valence-electron chi connectivity index (χ1n) is 7.55. The minimum Gasteiger partial charge on any atom is -0.464 e. The number of fused-ring (bicyclic) bond motifs is 1. The van der Waals surface area contributed by atoms with Gasteiger partial charge >= 0.3 is 5.97 Å². The highest BCUT2D eigenvalue weighted by atomic mass is 35.5. The number of rotatable bonds is 3. The molecule has 5 heteroatoms. The van der Waals surface area contributed by atoms with Crippen LogP contribution in [0.5, 0.6) is 0 Å². The third-order valence-electron chi connectivity index (χ3n) is 4.19. The van der Waals surface area contributed by atoms with Crippen molar-refractivity contribution < 1.29 is 9.53 Å². The number of halogens is 1. The van der Waals surface area contributed by atoms with Crippen LogP contribution in [0.25, 0.3) is 16.8 Å². The average Bonchev–Trinajstić information content (AvgIpc) is 3.39. The van der Waals surface area contributed by atoms with Crippen LogP contribution in [0, 0.1) is 0 Å². The quantitative estimate of drug-likeness (QED) is 0.673. The Morgan fingerprint density at radius 3 is 2.65 bits per heavy atom. The van der Waals surface area contributed by atoms with Gasteiger partial charge in [-0.3, -0.25) is 0 Å². The van der Waals surface area contributed by atoms with Crippen molar-refractivity contribution in [1.29, 1.82) is 0 Å². The van der Waals surface area contributed by atoms with Gasteiger partial charge in [-0.25, -0.2) is 9.31 Å². The number of carbonyl (C=O) groups is 1. The van der Waals surface area contributed by atoms with Gasteiger partial charge in [-0.1, -0.05) is 41.9 Å². The Hall–Kier alpha value is -2.33. The molecule has 0 bridgehead atoms. The molecular formula is C18H15ClN2O2. The van der Waals surface area contributed by atoms with Crippen LogP contribution in [-0.4, -0.2) is 22.7 Å². The van der Waals surface area contributed by atoms with Gasteiger partial charge in [0.2, 0.25) is 0 Å². The van der Waals surface area contributed by atoms with Crippen LogP contribution in [0.3, 0.4) is 0 Å². The van der Waals surface area contributed by atoms with Crippen molar-refractivity contribution >= 4 is 23.1 Å². The maximum Gasteiger partial charge on any atom is 0.360 e. The number of pyridine rings is 1. The standard InChI is InChI=1S/C18H15ClN2O2/c1-23-18(22)17-16(19)15-10-13(11-7-8-11)9-14(21(15)20-17)12-5-3-2-4-6-12/h2-6,9-11H,7-8H2,1H3. The fraction of sp³-hybridized carbons (Fsp3) is 0.222. The lowest BCUT2D eigenvalue weighted by molar-refractivity contribution is 0.0594. The second-order valence-corrected chi connectivity index (χ2v) is 6.14. The summed E-state index contributed by atoms with van der Waals surface area (Å²) in [6.45, 7) is 0. The number of methoxy groups -OCH3 is 1. The van der Waals surface area contributed by atoms with Crippen LogP contribution in [0.15, 0.2) is 42.5 Å². The summed E-state index contributed by atoms with van der Waals surface area (Å²) in [5, 5.41) is 4.73. The highest BCUT2D eigenvalue weighted by molar-refractivity contribution is 6.36. The summed E-state index contributed by atoms with van der Waals surface area (Å²) in [4.78, 5) is 11.9. The molecule has 23 heavy (non-hydrogen) atoms. The highest BCUT2D eigenvalue weighted by Gasteiger charge is 2.27. The van der Waals surface area contributed by atoms with Crippen molar-refractivity contribution in [2.45, 2.75) is 18.8 Å². The minimum absolute atomic E-state index is 0.152. The Morgan fingerprint density at radius 1 is 1.26 bits per heavy atom.